The Bertz CT molecular complexity index is 439. The maximum absolute atomic E-state index is 5.46. The number of methoxy groups -OCH3 is 2. The molecule has 1 atom stereocenters. The lowest BCUT2D eigenvalue weighted by Gasteiger charge is -2.33. The molecule has 0 radical (unpaired) electrons. The molecule has 106 valence electrons. The Hall–Kier alpha value is -0.780. The van der Waals surface area contributed by atoms with Gasteiger partial charge in [0.2, 0.25) is 0 Å². The molecule has 0 N–H and O–H groups in total. The van der Waals surface area contributed by atoms with E-state index in [1.54, 1.807) is 14.2 Å². The van der Waals surface area contributed by atoms with Crippen LogP contribution in [0.25, 0.3) is 0 Å². The van der Waals surface area contributed by atoms with E-state index in [1.165, 1.54) is 5.56 Å². The SMILES string of the molecule is COc1ccc(CN2CCOC[C@@H]2C)c(Br)c1OC. The summed E-state index contributed by atoms with van der Waals surface area (Å²) < 4.78 is 17.1. The van der Waals surface area contributed by atoms with E-state index < -0.39 is 0 Å². The van der Waals surface area contributed by atoms with Crippen molar-refractivity contribution in [1.82, 2.24) is 4.90 Å². The number of nitrogens with zero attached hydrogens (tertiary/aromatic N) is 1. The minimum atomic E-state index is 0.439. The molecule has 0 amide bonds. The molecule has 5 heteroatoms. The average Bonchev–Trinajstić information content (AvgIpc) is 2.43. The van der Waals surface area contributed by atoms with Crippen molar-refractivity contribution in [3.63, 3.8) is 0 Å². The fourth-order valence-electron chi connectivity index (χ4n) is 2.27. The van der Waals surface area contributed by atoms with E-state index >= 15 is 0 Å². The largest absolute Gasteiger partial charge is 0.493 e. The van der Waals surface area contributed by atoms with Gasteiger partial charge in [0.1, 0.15) is 0 Å². The van der Waals surface area contributed by atoms with Gasteiger partial charge in [-0.15, -0.1) is 0 Å². The number of hydrogen-bond acceptors (Lipinski definition) is 4. The van der Waals surface area contributed by atoms with Crippen LogP contribution in [0.4, 0.5) is 0 Å². The summed E-state index contributed by atoms with van der Waals surface area (Å²) in [5.74, 6) is 1.49. The summed E-state index contributed by atoms with van der Waals surface area (Å²) >= 11 is 3.62. The van der Waals surface area contributed by atoms with Crippen LogP contribution in [0.5, 0.6) is 11.5 Å². The van der Waals surface area contributed by atoms with Gasteiger partial charge in [-0.3, -0.25) is 4.90 Å². The van der Waals surface area contributed by atoms with Gasteiger partial charge >= 0.3 is 0 Å². The van der Waals surface area contributed by atoms with E-state index in [0.29, 0.717) is 6.04 Å². The van der Waals surface area contributed by atoms with Crippen LogP contribution >= 0.6 is 15.9 Å². The van der Waals surface area contributed by atoms with E-state index in [0.717, 1.165) is 42.3 Å². The fourth-order valence-corrected chi connectivity index (χ4v) is 2.88. The molecule has 1 aromatic carbocycles. The number of rotatable bonds is 4. The highest BCUT2D eigenvalue weighted by Gasteiger charge is 2.21. The quantitative estimate of drug-likeness (QED) is 0.849. The predicted octanol–water partition coefficient (Wildman–Crippen LogP) is 2.69. The first-order chi connectivity index (χ1) is 9.17. The summed E-state index contributed by atoms with van der Waals surface area (Å²) in [6, 6.07) is 4.46. The second-order valence-electron chi connectivity index (χ2n) is 4.67. The molecule has 19 heavy (non-hydrogen) atoms. The zero-order valence-corrected chi connectivity index (χ0v) is 13.2. The lowest BCUT2D eigenvalue weighted by atomic mass is 10.1. The molecule has 1 fully saturated rings. The normalized spacial score (nSPS) is 20.3. The summed E-state index contributed by atoms with van der Waals surface area (Å²) in [7, 11) is 3.30. The van der Waals surface area contributed by atoms with Gasteiger partial charge in [-0.25, -0.2) is 0 Å². The lowest BCUT2D eigenvalue weighted by Crippen LogP contribution is -2.42. The van der Waals surface area contributed by atoms with Crippen LogP contribution in [0.2, 0.25) is 0 Å². The van der Waals surface area contributed by atoms with Crippen molar-refractivity contribution in [2.45, 2.75) is 19.5 Å². The van der Waals surface area contributed by atoms with Gasteiger partial charge in [0.15, 0.2) is 11.5 Å². The van der Waals surface area contributed by atoms with Gasteiger partial charge in [-0.05, 0) is 34.5 Å². The summed E-state index contributed by atoms with van der Waals surface area (Å²) in [5.41, 5.74) is 1.20. The highest BCUT2D eigenvalue weighted by molar-refractivity contribution is 9.10. The van der Waals surface area contributed by atoms with Gasteiger partial charge < -0.3 is 14.2 Å². The van der Waals surface area contributed by atoms with Gasteiger partial charge in [0.05, 0.1) is 31.9 Å². The van der Waals surface area contributed by atoms with Crippen molar-refractivity contribution in [1.29, 1.82) is 0 Å². The lowest BCUT2D eigenvalue weighted by molar-refractivity contribution is -0.00448. The highest BCUT2D eigenvalue weighted by atomic mass is 79.9. The van der Waals surface area contributed by atoms with E-state index in [4.69, 9.17) is 14.2 Å². The van der Waals surface area contributed by atoms with E-state index in [9.17, 15) is 0 Å². The van der Waals surface area contributed by atoms with Crippen molar-refractivity contribution in [2.75, 3.05) is 34.0 Å². The van der Waals surface area contributed by atoms with Crippen molar-refractivity contribution in [2.24, 2.45) is 0 Å². The van der Waals surface area contributed by atoms with Crippen LogP contribution in [-0.4, -0.2) is 44.9 Å². The number of benzene rings is 1. The molecule has 0 aromatic heterocycles. The van der Waals surface area contributed by atoms with Gasteiger partial charge in [0.25, 0.3) is 0 Å². The van der Waals surface area contributed by atoms with Gasteiger partial charge in [0, 0.05) is 19.1 Å². The van der Waals surface area contributed by atoms with Crippen molar-refractivity contribution < 1.29 is 14.2 Å². The predicted molar refractivity (Wildman–Crippen MR) is 77.9 cm³/mol. The summed E-state index contributed by atoms with van der Waals surface area (Å²) in [6.45, 7) is 5.63. The Morgan fingerprint density at radius 2 is 2.16 bits per heavy atom. The molecule has 4 nitrogen and oxygen atoms in total. The van der Waals surface area contributed by atoms with Crippen LogP contribution < -0.4 is 9.47 Å². The molecular weight excluding hydrogens is 310 g/mol. The van der Waals surface area contributed by atoms with E-state index in [2.05, 4.69) is 33.8 Å². The first-order valence-corrected chi connectivity index (χ1v) is 7.17. The number of hydrogen-bond donors (Lipinski definition) is 0. The third kappa shape index (κ3) is 3.22. The standard InChI is InChI=1S/C14H20BrNO3/c1-10-9-19-7-6-16(10)8-11-4-5-12(17-2)14(18-3)13(11)15/h4-5,10H,6-9H2,1-3H3/t10-/m0/s1. The van der Waals surface area contributed by atoms with Crippen LogP contribution in [0.3, 0.4) is 0 Å². The average molecular weight is 330 g/mol. The molecule has 1 saturated heterocycles. The molecule has 1 aromatic rings. The van der Waals surface area contributed by atoms with E-state index in [-0.39, 0.29) is 0 Å². The molecule has 0 aliphatic carbocycles. The molecular formula is C14H20BrNO3. The third-order valence-corrected chi connectivity index (χ3v) is 4.31. The third-order valence-electron chi connectivity index (χ3n) is 3.44. The molecule has 1 aliphatic rings. The van der Waals surface area contributed by atoms with Crippen molar-refractivity contribution in [3.8, 4) is 11.5 Å². The molecule has 0 spiro atoms. The molecule has 0 unspecified atom stereocenters. The molecule has 1 aliphatic heterocycles. The smallest absolute Gasteiger partial charge is 0.175 e. The second kappa shape index (κ2) is 6.59. The molecule has 1 heterocycles. The number of morpholine rings is 1. The first kappa shape index (κ1) is 14.6. The molecule has 0 bridgehead atoms. The molecule has 0 saturated carbocycles. The zero-order chi connectivity index (χ0) is 13.8. The maximum atomic E-state index is 5.46. The Morgan fingerprint density at radius 1 is 1.37 bits per heavy atom. The van der Waals surface area contributed by atoms with Crippen molar-refractivity contribution >= 4 is 15.9 Å². The Morgan fingerprint density at radius 3 is 2.79 bits per heavy atom. The number of ether oxygens (including phenoxy) is 3. The summed E-state index contributed by atoms with van der Waals surface area (Å²) in [6.07, 6.45) is 0. The number of halogens is 1. The van der Waals surface area contributed by atoms with Gasteiger partial charge in [-0.1, -0.05) is 6.07 Å². The first-order valence-electron chi connectivity index (χ1n) is 6.38. The van der Waals surface area contributed by atoms with Crippen LogP contribution in [0.15, 0.2) is 16.6 Å². The fraction of sp³-hybridized carbons (Fsp3) is 0.571. The Balaban J connectivity index is 2.20. The van der Waals surface area contributed by atoms with Crippen LogP contribution in [0, 0.1) is 0 Å². The Kier molecular flexibility index (Phi) is 5.07. The molecule has 2 rings (SSSR count). The van der Waals surface area contributed by atoms with E-state index in [1.807, 2.05) is 6.07 Å². The maximum Gasteiger partial charge on any atom is 0.175 e. The zero-order valence-electron chi connectivity index (χ0n) is 11.6. The summed E-state index contributed by atoms with van der Waals surface area (Å²) in [4.78, 5) is 2.41. The van der Waals surface area contributed by atoms with Crippen LogP contribution in [0.1, 0.15) is 12.5 Å². The highest BCUT2D eigenvalue weighted by Crippen LogP contribution is 2.38. The monoisotopic (exact) mass is 329 g/mol. The summed E-state index contributed by atoms with van der Waals surface area (Å²) in [5, 5.41) is 0. The van der Waals surface area contributed by atoms with Crippen molar-refractivity contribution in [3.05, 3.63) is 22.2 Å². The van der Waals surface area contributed by atoms with Crippen LogP contribution in [-0.2, 0) is 11.3 Å². The van der Waals surface area contributed by atoms with Gasteiger partial charge in [-0.2, -0.15) is 0 Å². The second-order valence-corrected chi connectivity index (χ2v) is 5.46. The minimum Gasteiger partial charge on any atom is -0.493 e. The topological polar surface area (TPSA) is 30.9 Å². The Labute approximate surface area is 122 Å². The minimum absolute atomic E-state index is 0.439.